The minimum absolute atomic E-state index is 0.0452. The van der Waals surface area contributed by atoms with Gasteiger partial charge in [-0.2, -0.15) is 0 Å². The summed E-state index contributed by atoms with van der Waals surface area (Å²) in [5, 5.41) is 17.1. The summed E-state index contributed by atoms with van der Waals surface area (Å²) in [5.41, 5.74) is -0.0642. The Morgan fingerprint density at radius 3 is 2.41 bits per heavy atom. The van der Waals surface area contributed by atoms with Gasteiger partial charge >= 0.3 is 11.8 Å². The normalized spacial score (nSPS) is 15.2. The fourth-order valence-electron chi connectivity index (χ4n) is 2.79. The zero-order chi connectivity index (χ0) is 21.2. The lowest BCUT2D eigenvalue weighted by molar-refractivity contribution is -0.384. The summed E-state index contributed by atoms with van der Waals surface area (Å²) < 4.78 is 10.7. The lowest BCUT2D eigenvalue weighted by Crippen LogP contribution is -2.60. The van der Waals surface area contributed by atoms with Crippen LogP contribution >= 0.6 is 11.6 Å². The second-order valence-corrected chi connectivity index (χ2v) is 8.05. The number of nitro groups is 1. The van der Waals surface area contributed by atoms with Gasteiger partial charge in [-0.1, -0.05) is 23.7 Å². The molecule has 1 aliphatic rings. The van der Waals surface area contributed by atoms with Crippen molar-refractivity contribution in [1.29, 1.82) is 0 Å². The van der Waals surface area contributed by atoms with Crippen LogP contribution in [0.25, 0.3) is 0 Å². The molecule has 0 saturated carbocycles. The number of benzene rings is 1. The van der Waals surface area contributed by atoms with Crippen molar-refractivity contribution in [2.24, 2.45) is 0 Å². The second kappa shape index (κ2) is 7.84. The molecule has 29 heavy (non-hydrogen) atoms. The average molecular weight is 421 g/mol. The monoisotopic (exact) mass is 420 g/mol. The molecular formula is C19H21ClN4O5. The number of aromatic nitrogens is 1. The fourth-order valence-corrected chi connectivity index (χ4v) is 2.94. The Bertz CT molecular complexity index is 923. The van der Waals surface area contributed by atoms with Crippen LogP contribution in [0.5, 0.6) is 0 Å². The van der Waals surface area contributed by atoms with Gasteiger partial charge < -0.3 is 20.1 Å². The quantitative estimate of drug-likeness (QED) is 0.424. The molecule has 1 aromatic heterocycles. The number of nitrogens with one attached hydrogen (secondary N) is 2. The first-order valence-electron chi connectivity index (χ1n) is 8.85. The molecule has 0 aliphatic carbocycles. The Balaban J connectivity index is 1.77. The molecule has 0 unspecified atom stereocenters. The fraction of sp³-hybridized carbons (Fsp3) is 0.368. The van der Waals surface area contributed by atoms with Gasteiger partial charge in [-0.25, -0.2) is 9.78 Å². The molecule has 1 aromatic carbocycles. The highest BCUT2D eigenvalue weighted by molar-refractivity contribution is 6.29. The number of amides is 1. The van der Waals surface area contributed by atoms with Gasteiger partial charge in [0.15, 0.2) is 0 Å². The topological polar surface area (TPSA) is 116 Å². The third kappa shape index (κ3) is 4.93. The molecule has 10 heteroatoms. The molecule has 0 atom stereocenters. The Morgan fingerprint density at radius 2 is 1.90 bits per heavy atom. The van der Waals surface area contributed by atoms with Crippen molar-refractivity contribution in [3.05, 3.63) is 57.2 Å². The molecule has 9 nitrogen and oxygen atoms in total. The minimum atomic E-state index is -0.679. The van der Waals surface area contributed by atoms with Crippen molar-refractivity contribution in [1.82, 2.24) is 10.3 Å². The lowest BCUT2D eigenvalue weighted by Gasteiger charge is -2.42. The molecule has 154 valence electrons. The van der Waals surface area contributed by atoms with Gasteiger partial charge in [0.25, 0.3) is 0 Å². The van der Waals surface area contributed by atoms with Gasteiger partial charge in [-0.05, 0) is 44.5 Å². The van der Waals surface area contributed by atoms with E-state index in [1.807, 2.05) is 0 Å². The van der Waals surface area contributed by atoms with Gasteiger partial charge in [0.1, 0.15) is 16.3 Å². The molecular weight excluding hydrogens is 400 g/mol. The van der Waals surface area contributed by atoms with Crippen LogP contribution in [0.4, 0.5) is 22.0 Å². The van der Waals surface area contributed by atoms with Crippen molar-refractivity contribution in [3.8, 4) is 0 Å². The number of alkyl carbamates (subject to hydrolysis) is 1. The number of halogens is 1. The van der Waals surface area contributed by atoms with Gasteiger partial charge in [0, 0.05) is 11.8 Å². The van der Waals surface area contributed by atoms with E-state index in [0.717, 1.165) is 5.56 Å². The molecule has 0 bridgehead atoms. The maximum absolute atomic E-state index is 12.2. The maximum Gasteiger partial charge on any atom is 0.408 e. The third-order valence-electron chi connectivity index (χ3n) is 4.17. The van der Waals surface area contributed by atoms with E-state index in [1.165, 1.54) is 12.1 Å². The first-order valence-corrected chi connectivity index (χ1v) is 9.23. The molecule has 2 heterocycles. The third-order valence-corrected chi connectivity index (χ3v) is 4.38. The Hall–Kier alpha value is -2.91. The van der Waals surface area contributed by atoms with Crippen LogP contribution < -0.4 is 10.6 Å². The number of hydrogen-bond acceptors (Lipinski definition) is 7. The predicted octanol–water partition coefficient (Wildman–Crippen LogP) is 4.14. The van der Waals surface area contributed by atoms with Crippen LogP contribution in [-0.4, -0.2) is 34.8 Å². The molecule has 0 spiro atoms. The molecule has 1 aliphatic heterocycles. The van der Waals surface area contributed by atoms with Crippen LogP contribution in [0.1, 0.15) is 26.3 Å². The lowest BCUT2D eigenvalue weighted by atomic mass is 9.88. The highest BCUT2D eigenvalue weighted by Crippen LogP contribution is 2.32. The smallest absolute Gasteiger partial charge is 0.408 e. The van der Waals surface area contributed by atoms with E-state index in [0.29, 0.717) is 18.9 Å². The number of ether oxygens (including phenoxy) is 2. The number of carbonyl (C=O) groups is 1. The van der Waals surface area contributed by atoms with Crippen LogP contribution in [0.2, 0.25) is 5.15 Å². The summed E-state index contributed by atoms with van der Waals surface area (Å²) >= 11 is 5.85. The number of anilines is 2. The number of carbonyl (C=O) groups excluding carboxylic acids is 1. The number of nitrogens with zero attached hydrogens (tertiary/aromatic N) is 2. The molecule has 2 aromatic rings. The SMILES string of the molecule is CC(C)(C)OC(=O)NC1(c2ccc(Nc3nc(Cl)ccc3[N+](=O)[O-])cc2)COC1. The molecule has 1 amide bonds. The first kappa shape index (κ1) is 20.8. The summed E-state index contributed by atoms with van der Waals surface area (Å²) in [6, 6.07) is 9.72. The molecule has 3 rings (SSSR count). The number of rotatable bonds is 5. The van der Waals surface area contributed by atoms with Crippen molar-refractivity contribution < 1.29 is 19.2 Å². The predicted molar refractivity (Wildman–Crippen MR) is 107 cm³/mol. The Kier molecular flexibility index (Phi) is 5.63. The van der Waals surface area contributed by atoms with Crippen LogP contribution in [0.3, 0.4) is 0 Å². The van der Waals surface area contributed by atoms with Crippen molar-refractivity contribution in [2.45, 2.75) is 31.9 Å². The van der Waals surface area contributed by atoms with Crippen LogP contribution in [0.15, 0.2) is 36.4 Å². The highest BCUT2D eigenvalue weighted by Gasteiger charge is 2.42. The van der Waals surface area contributed by atoms with Crippen molar-refractivity contribution in [3.63, 3.8) is 0 Å². The van der Waals surface area contributed by atoms with Crippen LogP contribution in [-0.2, 0) is 15.0 Å². The molecule has 2 N–H and O–H groups in total. The van der Waals surface area contributed by atoms with E-state index >= 15 is 0 Å². The Labute approximate surface area is 172 Å². The minimum Gasteiger partial charge on any atom is -0.444 e. The molecule has 0 radical (unpaired) electrons. The zero-order valence-corrected chi connectivity index (χ0v) is 16.9. The maximum atomic E-state index is 12.2. The van der Waals surface area contributed by atoms with Crippen molar-refractivity contribution in [2.75, 3.05) is 18.5 Å². The van der Waals surface area contributed by atoms with Crippen molar-refractivity contribution >= 4 is 34.9 Å². The molecule has 1 fully saturated rings. The standard InChI is InChI=1S/C19H21ClN4O5/c1-18(2,3)29-17(25)23-19(10-28-11-19)12-4-6-13(7-5-12)21-16-14(24(26)27)8-9-15(20)22-16/h4-9H,10-11H2,1-3H3,(H,21,22)(H,23,25). The van der Waals surface area contributed by atoms with E-state index in [4.69, 9.17) is 21.1 Å². The summed E-state index contributed by atoms with van der Waals surface area (Å²) in [6.07, 6.45) is -0.526. The highest BCUT2D eigenvalue weighted by atomic mass is 35.5. The Morgan fingerprint density at radius 1 is 1.24 bits per heavy atom. The summed E-state index contributed by atoms with van der Waals surface area (Å²) in [5.74, 6) is 0.0452. The van der Waals surface area contributed by atoms with Crippen LogP contribution in [0, 0.1) is 10.1 Å². The van der Waals surface area contributed by atoms with E-state index in [9.17, 15) is 14.9 Å². The summed E-state index contributed by atoms with van der Waals surface area (Å²) in [7, 11) is 0. The van der Waals surface area contributed by atoms with Gasteiger partial charge in [-0.15, -0.1) is 0 Å². The number of pyridine rings is 1. The van der Waals surface area contributed by atoms with Gasteiger partial charge in [0.2, 0.25) is 5.82 Å². The summed E-state index contributed by atoms with van der Waals surface area (Å²) in [6.45, 7) is 6.01. The van der Waals surface area contributed by atoms with E-state index < -0.39 is 22.2 Å². The van der Waals surface area contributed by atoms with Gasteiger partial charge in [-0.3, -0.25) is 10.1 Å². The van der Waals surface area contributed by atoms with E-state index in [1.54, 1.807) is 45.0 Å². The second-order valence-electron chi connectivity index (χ2n) is 7.66. The van der Waals surface area contributed by atoms with Gasteiger partial charge in [0.05, 0.1) is 18.1 Å². The van der Waals surface area contributed by atoms with E-state index in [2.05, 4.69) is 15.6 Å². The zero-order valence-electron chi connectivity index (χ0n) is 16.2. The first-order chi connectivity index (χ1) is 13.6. The number of hydrogen-bond donors (Lipinski definition) is 2. The average Bonchev–Trinajstić information content (AvgIpc) is 2.57. The molecule has 1 saturated heterocycles. The largest absolute Gasteiger partial charge is 0.444 e. The summed E-state index contributed by atoms with van der Waals surface area (Å²) in [4.78, 5) is 26.8. The van der Waals surface area contributed by atoms with E-state index in [-0.39, 0.29) is 16.7 Å².